The monoisotopic (exact) mass is 703 g/mol. The number of carbonyl (C=O) groups excluding carboxylic acids is 5. The molecule has 2 fully saturated rings. The Bertz CT molecular complexity index is 1900. The number of hydrogen-bond acceptors (Lipinski definition) is 9. The number of nitrogens with one attached hydrogen (secondary N) is 1. The molecule has 4 heterocycles. The molecule has 252 valence electrons. The number of anilines is 1. The summed E-state index contributed by atoms with van der Waals surface area (Å²) in [5.41, 5.74) is 2.14. The molecule has 0 saturated carbocycles. The number of aromatic nitrogens is 1. The van der Waals surface area contributed by atoms with E-state index in [2.05, 4.69) is 18.1 Å². The van der Waals surface area contributed by atoms with Gasteiger partial charge in [0.05, 0.1) is 18.1 Å². The Hall–Kier alpha value is -5.15. The number of phenolic OH excluding ortho intramolecular Hbond substituents is 1. The summed E-state index contributed by atoms with van der Waals surface area (Å²) in [6.45, 7) is 0.626. The highest BCUT2D eigenvalue weighted by Crippen LogP contribution is 2.43. The predicted octanol–water partition coefficient (Wildman–Crippen LogP) is 1.32. The van der Waals surface area contributed by atoms with Crippen molar-refractivity contribution in [1.82, 2.24) is 14.1 Å². The lowest BCUT2D eigenvalue weighted by Gasteiger charge is -2.52. The van der Waals surface area contributed by atoms with Crippen LogP contribution in [0.25, 0.3) is 0 Å². The van der Waals surface area contributed by atoms with E-state index in [1.54, 1.807) is 58.3 Å². The molecule has 2 aromatic carbocycles. The molecule has 15 heteroatoms. The lowest BCUT2D eigenvalue weighted by Crippen LogP contribution is -2.70. The molecule has 2 saturated heterocycles. The van der Waals surface area contributed by atoms with Crippen LogP contribution in [-0.2, 0) is 43.5 Å². The van der Waals surface area contributed by atoms with E-state index in [9.17, 15) is 38.6 Å². The molecule has 49 heavy (non-hydrogen) atoms. The summed E-state index contributed by atoms with van der Waals surface area (Å²) in [6, 6.07) is 15.1. The molecule has 0 aliphatic carbocycles. The Morgan fingerprint density at radius 1 is 1.10 bits per heavy atom. The van der Waals surface area contributed by atoms with Gasteiger partial charge < -0.3 is 25.2 Å². The number of aliphatic carboxylic acids is 1. The van der Waals surface area contributed by atoms with Gasteiger partial charge in [0.2, 0.25) is 18.4 Å². The summed E-state index contributed by atoms with van der Waals surface area (Å²) in [4.78, 5) is 66.8. The van der Waals surface area contributed by atoms with Crippen LogP contribution in [0.2, 0.25) is 0 Å². The zero-order valence-corrected chi connectivity index (χ0v) is 27.5. The summed E-state index contributed by atoms with van der Waals surface area (Å²) in [5, 5.41) is 23.5. The second kappa shape index (κ2) is 14.1. The first kappa shape index (κ1) is 33.7. The van der Waals surface area contributed by atoms with Crippen molar-refractivity contribution in [2.45, 2.75) is 37.3 Å². The highest BCUT2D eigenvalue weighted by Gasteiger charge is 2.55. The predicted molar refractivity (Wildman–Crippen MR) is 176 cm³/mol. The molecule has 3 aliphatic heterocycles. The molecule has 2 N–H and O–H groups in total. The van der Waals surface area contributed by atoms with Crippen molar-refractivity contribution >= 4 is 59.9 Å². The molecule has 1 aromatic heterocycles. The number of halogens is 1. The Kier molecular flexibility index (Phi) is 9.74. The number of aromatic hydroxyl groups is 1. The average molecular weight is 704 g/mol. The van der Waals surface area contributed by atoms with Crippen LogP contribution < -0.4 is 15.0 Å². The highest BCUT2D eigenvalue weighted by atomic mass is 32.2. The van der Waals surface area contributed by atoms with E-state index in [0.717, 1.165) is 32.5 Å². The Labute approximate surface area is 290 Å². The number of nitrogens with zero attached hydrogens (tertiary/aromatic N) is 4. The Morgan fingerprint density at radius 2 is 1.84 bits per heavy atom. The van der Waals surface area contributed by atoms with Crippen LogP contribution in [0.5, 0.6) is 5.75 Å². The molecule has 0 spiro atoms. The standard InChI is InChI=1S/C34H30FN5O7S2/c35-25-16-24(6-7-26(25)41)36-27(42)18-37-11-8-21(9-12-37)17-38-13-10-22(31(38)44)15-23-19-49-33-30(32(45)39(33)29(23)34(46)47)40(48)28(43)14-20-4-2-1-3-5-20/h1-9,11-12,15-16,30,33,48H,10,13-14,17-19H2,(H2-,36,41,42,46,47)/b22-15+/t30-,33-/m1/s1. The van der Waals surface area contributed by atoms with Gasteiger partial charge in [-0.15, -0.1) is 11.8 Å². The number of amides is 4. The summed E-state index contributed by atoms with van der Waals surface area (Å²) < 4.78 is 16.2. The van der Waals surface area contributed by atoms with E-state index in [0.29, 0.717) is 18.5 Å². The SMILES string of the molecule is O=C(C[n+]1ccc(CN2CC/C(=C\C3=C(C(=O)[O-])N4C(=O)[C@@H](N(S)C(=O)Cc5ccccc5)[C@H]4SC3)C2=O)cc1)Nc1ccc(O)c(F)c1. The van der Waals surface area contributed by atoms with E-state index in [4.69, 9.17) is 0 Å². The number of allylic oxidation sites excluding steroid dienone is 1. The lowest BCUT2D eigenvalue weighted by molar-refractivity contribution is -0.684. The lowest BCUT2D eigenvalue weighted by atomic mass is 10.0. The number of carboxylic acids is 1. The van der Waals surface area contributed by atoms with Crippen molar-refractivity contribution in [3.8, 4) is 5.75 Å². The smallest absolute Gasteiger partial charge is 0.290 e. The van der Waals surface area contributed by atoms with Crippen LogP contribution in [0.4, 0.5) is 10.1 Å². The number of thiol groups is 1. The number of carboxylic acid groups (broad SMARTS) is 1. The number of pyridine rings is 1. The first-order valence-corrected chi connectivity index (χ1v) is 16.6. The molecule has 0 bridgehead atoms. The fourth-order valence-electron chi connectivity index (χ4n) is 5.85. The van der Waals surface area contributed by atoms with Crippen molar-refractivity contribution < 1.29 is 43.1 Å². The van der Waals surface area contributed by atoms with Crippen LogP contribution in [0.3, 0.4) is 0 Å². The third kappa shape index (κ3) is 7.17. The number of carbonyl (C=O) groups is 5. The van der Waals surface area contributed by atoms with Crippen molar-refractivity contribution in [2.24, 2.45) is 0 Å². The minimum Gasteiger partial charge on any atom is -0.543 e. The van der Waals surface area contributed by atoms with Gasteiger partial charge in [-0.05, 0) is 41.3 Å². The van der Waals surface area contributed by atoms with E-state index in [-0.39, 0.29) is 54.0 Å². The molecular weight excluding hydrogens is 674 g/mol. The first-order chi connectivity index (χ1) is 23.5. The van der Waals surface area contributed by atoms with Gasteiger partial charge >= 0.3 is 0 Å². The average Bonchev–Trinajstić information content (AvgIpc) is 3.41. The van der Waals surface area contributed by atoms with Gasteiger partial charge in [0, 0.05) is 48.3 Å². The number of β-lactam (4-membered cyclic amide) rings is 1. The normalized spacial score (nSPS) is 19.5. The van der Waals surface area contributed by atoms with E-state index in [1.165, 1.54) is 23.9 Å². The summed E-state index contributed by atoms with van der Waals surface area (Å²) in [6.07, 6.45) is 5.28. The fraction of sp³-hybridized carbons (Fsp3) is 0.235. The third-order valence-corrected chi connectivity index (χ3v) is 10.1. The van der Waals surface area contributed by atoms with Crippen molar-refractivity contribution in [3.63, 3.8) is 0 Å². The maximum atomic E-state index is 13.5. The summed E-state index contributed by atoms with van der Waals surface area (Å²) in [5.74, 6) is -4.37. The molecule has 6 rings (SSSR count). The number of fused-ring (bicyclic) bond motifs is 1. The zero-order chi connectivity index (χ0) is 34.8. The van der Waals surface area contributed by atoms with Crippen LogP contribution in [0, 0.1) is 5.82 Å². The van der Waals surface area contributed by atoms with Gasteiger partial charge in [-0.25, -0.2) is 4.39 Å². The van der Waals surface area contributed by atoms with Gasteiger partial charge in [-0.3, -0.25) is 28.4 Å². The number of hydrogen-bond donors (Lipinski definition) is 3. The molecular formula is C34H30FN5O7S2. The van der Waals surface area contributed by atoms with E-state index < -0.39 is 40.8 Å². The van der Waals surface area contributed by atoms with Crippen molar-refractivity contribution in [2.75, 3.05) is 17.6 Å². The van der Waals surface area contributed by atoms with Crippen LogP contribution in [0.1, 0.15) is 17.5 Å². The second-order valence-electron chi connectivity index (χ2n) is 11.7. The summed E-state index contributed by atoms with van der Waals surface area (Å²) in [7, 11) is 0. The molecule has 2 atom stereocenters. The maximum Gasteiger partial charge on any atom is 0.290 e. The minimum atomic E-state index is -1.55. The molecule has 0 unspecified atom stereocenters. The molecule has 12 nitrogen and oxygen atoms in total. The van der Waals surface area contributed by atoms with Crippen LogP contribution in [-0.4, -0.2) is 72.5 Å². The van der Waals surface area contributed by atoms with Crippen LogP contribution in [0.15, 0.2) is 96.0 Å². The third-order valence-electron chi connectivity index (χ3n) is 8.33. The second-order valence-corrected chi connectivity index (χ2v) is 13.2. The molecule has 3 aliphatic rings. The van der Waals surface area contributed by atoms with Gasteiger partial charge in [0.1, 0.15) is 5.37 Å². The minimum absolute atomic E-state index is 0.0378. The highest BCUT2D eigenvalue weighted by molar-refractivity contribution is 8.00. The largest absolute Gasteiger partial charge is 0.543 e. The number of benzene rings is 2. The zero-order valence-electron chi connectivity index (χ0n) is 25.8. The van der Waals surface area contributed by atoms with Crippen LogP contribution >= 0.6 is 24.6 Å². The summed E-state index contributed by atoms with van der Waals surface area (Å²) >= 11 is 5.59. The fourth-order valence-corrected chi connectivity index (χ4v) is 7.59. The van der Waals surface area contributed by atoms with Crippen molar-refractivity contribution in [3.05, 3.63) is 113 Å². The van der Waals surface area contributed by atoms with Gasteiger partial charge in [-0.2, -0.15) is 4.57 Å². The Morgan fingerprint density at radius 3 is 2.53 bits per heavy atom. The molecule has 3 aromatic rings. The molecule has 0 radical (unpaired) electrons. The Balaban J connectivity index is 1.07. The van der Waals surface area contributed by atoms with E-state index >= 15 is 0 Å². The number of thioether (sulfide) groups is 1. The topological polar surface area (TPSA) is 154 Å². The van der Waals surface area contributed by atoms with Crippen molar-refractivity contribution in [1.29, 1.82) is 0 Å². The van der Waals surface area contributed by atoms with E-state index in [1.807, 2.05) is 6.07 Å². The number of likely N-dealkylation sites (tertiary alicyclic amines) is 1. The number of rotatable bonds is 10. The quantitative estimate of drug-likeness (QED) is 0.0940. The van der Waals surface area contributed by atoms with Gasteiger partial charge in [-0.1, -0.05) is 43.1 Å². The van der Waals surface area contributed by atoms with Gasteiger partial charge in [0.15, 0.2) is 30.0 Å². The van der Waals surface area contributed by atoms with Gasteiger partial charge in [0.25, 0.3) is 11.8 Å². The molecule has 4 amide bonds. The first-order valence-electron chi connectivity index (χ1n) is 15.2. The maximum absolute atomic E-state index is 13.5. The number of phenols is 1.